The number of hydrogen-bond donors (Lipinski definition) is 1. The van der Waals surface area contributed by atoms with Crippen molar-refractivity contribution in [3.05, 3.63) is 65.6 Å². The third kappa shape index (κ3) is 3.68. The first-order valence-corrected chi connectivity index (χ1v) is 9.65. The lowest BCUT2D eigenvalue weighted by atomic mass is 9.95. The molecule has 1 aliphatic rings. The average molecular weight is 363 g/mol. The minimum absolute atomic E-state index is 0.0357. The van der Waals surface area contributed by atoms with Crippen molar-refractivity contribution in [1.82, 2.24) is 14.3 Å². The van der Waals surface area contributed by atoms with Crippen LogP contribution < -0.4 is 0 Å². The summed E-state index contributed by atoms with van der Waals surface area (Å²) in [4.78, 5) is 19.8. The van der Waals surface area contributed by atoms with Crippen molar-refractivity contribution in [2.75, 3.05) is 6.54 Å². The fraction of sp³-hybridized carbons (Fsp3) is 0.364. The number of carbonyl (C=O) groups is 1. The molecule has 1 aliphatic heterocycles. The van der Waals surface area contributed by atoms with E-state index in [4.69, 9.17) is 0 Å². The second-order valence-electron chi connectivity index (χ2n) is 7.40. The van der Waals surface area contributed by atoms with Crippen molar-refractivity contribution in [2.45, 2.75) is 45.1 Å². The number of nitrogens with zero attached hydrogens (tertiary/aromatic N) is 3. The van der Waals surface area contributed by atoms with Crippen LogP contribution in [0, 0.1) is 6.92 Å². The molecule has 0 unspecified atom stereocenters. The minimum atomic E-state index is 0.0357. The number of pyridine rings is 1. The van der Waals surface area contributed by atoms with Gasteiger partial charge in [-0.05, 0) is 68.4 Å². The molecule has 140 valence electrons. The maximum absolute atomic E-state index is 13.2. The number of benzene rings is 1. The first kappa shape index (κ1) is 17.6. The summed E-state index contributed by atoms with van der Waals surface area (Å²) in [7, 11) is 0. The third-order valence-electron chi connectivity index (χ3n) is 5.49. The fourth-order valence-corrected chi connectivity index (χ4v) is 3.97. The van der Waals surface area contributed by atoms with Crippen molar-refractivity contribution < 1.29 is 9.90 Å². The summed E-state index contributed by atoms with van der Waals surface area (Å²) in [6.07, 6.45) is 8.86. The fourth-order valence-electron chi connectivity index (χ4n) is 3.97. The number of aryl methyl sites for hydroxylation is 2. The lowest BCUT2D eigenvalue weighted by Gasteiger charge is -2.35. The number of imidazole rings is 1. The summed E-state index contributed by atoms with van der Waals surface area (Å²) < 4.78 is 1.93. The molecule has 3 heterocycles. The van der Waals surface area contributed by atoms with Crippen molar-refractivity contribution >= 4 is 11.6 Å². The summed E-state index contributed by atoms with van der Waals surface area (Å²) >= 11 is 0. The molecule has 0 radical (unpaired) electrons. The van der Waals surface area contributed by atoms with Gasteiger partial charge in [-0.15, -0.1) is 0 Å². The van der Waals surface area contributed by atoms with Crippen LogP contribution in [0.3, 0.4) is 0 Å². The van der Waals surface area contributed by atoms with E-state index < -0.39 is 0 Å². The number of fused-ring (bicyclic) bond motifs is 1. The van der Waals surface area contributed by atoms with Crippen LogP contribution in [0.5, 0.6) is 5.75 Å². The van der Waals surface area contributed by atoms with Gasteiger partial charge in [-0.1, -0.05) is 18.2 Å². The first-order valence-electron chi connectivity index (χ1n) is 9.65. The average Bonchev–Trinajstić information content (AvgIpc) is 3.13. The minimum Gasteiger partial charge on any atom is -0.508 e. The van der Waals surface area contributed by atoms with Crippen LogP contribution in [-0.2, 0) is 6.42 Å². The van der Waals surface area contributed by atoms with Gasteiger partial charge >= 0.3 is 0 Å². The zero-order valence-corrected chi connectivity index (χ0v) is 15.6. The molecule has 1 atom stereocenters. The number of aromatic hydroxyl groups is 1. The van der Waals surface area contributed by atoms with Crippen molar-refractivity contribution in [3.8, 4) is 5.75 Å². The molecule has 27 heavy (non-hydrogen) atoms. The zero-order chi connectivity index (χ0) is 18.8. The molecule has 1 fully saturated rings. The van der Waals surface area contributed by atoms with Gasteiger partial charge in [0.15, 0.2) is 0 Å². The normalized spacial score (nSPS) is 17.4. The van der Waals surface area contributed by atoms with Gasteiger partial charge in [0.25, 0.3) is 5.91 Å². The van der Waals surface area contributed by atoms with E-state index in [1.54, 1.807) is 12.1 Å². The molecule has 0 spiro atoms. The second-order valence-corrected chi connectivity index (χ2v) is 7.40. The molecular formula is C22H25N3O2. The Morgan fingerprint density at radius 3 is 2.81 bits per heavy atom. The highest BCUT2D eigenvalue weighted by atomic mass is 16.3. The number of rotatable bonds is 4. The number of amides is 1. The standard InChI is InChI=1S/C22H25N3O2/c1-16-5-4-13-24-15-20(23-21(16)24)22(27)25-14-3-2-6-18(25)10-7-17-8-11-19(26)12-9-17/h4-5,8-9,11-13,15,18,26H,2-3,6-7,10,14H2,1H3/t18-/m1/s1. The third-order valence-corrected chi connectivity index (χ3v) is 5.49. The second kappa shape index (κ2) is 7.43. The van der Waals surface area contributed by atoms with Crippen molar-refractivity contribution in [3.63, 3.8) is 0 Å². The van der Waals surface area contributed by atoms with Crippen LogP contribution in [0.25, 0.3) is 5.65 Å². The summed E-state index contributed by atoms with van der Waals surface area (Å²) in [5.41, 5.74) is 3.63. The summed E-state index contributed by atoms with van der Waals surface area (Å²) in [5, 5.41) is 9.43. The molecule has 0 aliphatic carbocycles. The smallest absolute Gasteiger partial charge is 0.274 e. The number of phenolic OH excluding ortho intramolecular Hbond substituents is 1. The molecule has 5 heteroatoms. The maximum atomic E-state index is 13.2. The van der Waals surface area contributed by atoms with Gasteiger partial charge in [0.2, 0.25) is 0 Å². The van der Waals surface area contributed by atoms with E-state index in [1.807, 2.05) is 52.9 Å². The monoisotopic (exact) mass is 363 g/mol. The Morgan fingerprint density at radius 2 is 2.04 bits per heavy atom. The van der Waals surface area contributed by atoms with Crippen LogP contribution in [0.1, 0.15) is 47.3 Å². The van der Waals surface area contributed by atoms with Gasteiger partial charge in [0, 0.05) is 25.0 Å². The van der Waals surface area contributed by atoms with E-state index in [9.17, 15) is 9.90 Å². The molecule has 1 aromatic carbocycles. The Hall–Kier alpha value is -2.82. The summed E-state index contributed by atoms with van der Waals surface area (Å²) in [6.45, 7) is 2.81. The quantitative estimate of drug-likeness (QED) is 0.763. The van der Waals surface area contributed by atoms with E-state index in [2.05, 4.69) is 4.98 Å². The zero-order valence-electron chi connectivity index (χ0n) is 15.6. The van der Waals surface area contributed by atoms with Crippen LogP contribution in [0.2, 0.25) is 0 Å². The van der Waals surface area contributed by atoms with Crippen LogP contribution >= 0.6 is 0 Å². The number of phenols is 1. The Kier molecular flexibility index (Phi) is 4.84. The SMILES string of the molecule is Cc1cccn2cc(C(=O)N3CCCC[C@@H]3CCc3ccc(O)cc3)nc12. The Balaban J connectivity index is 1.51. The number of carbonyl (C=O) groups excluding carboxylic acids is 1. The van der Waals surface area contributed by atoms with E-state index in [-0.39, 0.29) is 17.7 Å². The lowest BCUT2D eigenvalue weighted by molar-refractivity contribution is 0.0596. The number of hydrogen-bond acceptors (Lipinski definition) is 3. The molecule has 4 rings (SSSR count). The van der Waals surface area contributed by atoms with Crippen LogP contribution in [0.15, 0.2) is 48.8 Å². The summed E-state index contributed by atoms with van der Waals surface area (Å²) in [5.74, 6) is 0.323. The van der Waals surface area contributed by atoms with Gasteiger partial charge in [-0.2, -0.15) is 0 Å². The predicted molar refractivity (Wildman–Crippen MR) is 105 cm³/mol. The van der Waals surface area contributed by atoms with Gasteiger partial charge < -0.3 is 14.4 Å². The molecule has 1 saturated heterocycles. The van der Waals surface area contributed by atoms with E-state index in [0.29, 0.717) is 5.69 Å². The van der Waals surface area contributed by atoms with Gasteiger partial charge in [0.1, 0.15) is 17.1 Å². The first-order chi connectivity index (χ1) is 13.1. The topological polar surface area (TPSA) is 57.8 Å². The Labute approximate surface area is 159 Å². The van der Waals surface area contributed by atoms with E-state index in [1.165, 1.54) is 5.56 Å². The van der Waals surface area contributed by atoms with E-state index in [0.717, 1.165) is 49.9 Å². The maximum Gasteiger partial charge on any atom is 0.274 e. The molecular weight excluding hydrogens is 338 g/mol. The van der Waals surface area contributed by atoms with Gasteiger partial charge in [-0.25, -0.2) is 4.98 Å². The predicted octanol–water partition coefficient (Wildman–Crippen LogP) is 3.98. The number of piperidine rings is 1. The molecule has 5 nitrogen and oxygen atoms in total. The number of likely N-dealkylation sites (tertiary alicyclic amines) is 1. The molecule has 0 saturated carbocycles. The molecule has 2 aromatic heterocycles. The Morgan fingerprint density at radius 1 is 1.22 bits per heavy atom. The van der Waals surface area contributed by atoms with Crippen LogP contribution in [-0.4, -0.2) is 37.9 Å². The van der Waals surface area contributed by atoms with Gasteiger partial charge in [-0.3, -0.25) is 4.79 Å². The summed E-state index contributed by atoms with van der Waals surface area (Å²) in [6, 6.07) is 11.6. The largest absolute Gasteiger partial charge is 0.508 e. The van der Waals surface area contributed by atoms with E-state index >= 15 is 0 Å². The van der Waals surface area contributed by atoms with Crippen molar-refractivity contribution in [1.29, 1.82) is 0 Å². The molecule has 1 amide bonds. The van der Waals surface area contributed by atoms with Crippen LogP contribution in [0.4, 0.5) is 0 Å². The van der Waals surface area contributed by atoms with Gasteiger partial charge in [0.05, 0.1) is 0 Å². The molecule has 0 bridgehead atoms. The molecule has 1 N–H and O–H groups in total. The highest BCUT2D eigenvalue weighted by Crippen LogP contribution is 2.24. The molecule has 3 aromatic rings. The highest BCUT2D eigenvalue weighted by Gasteiger charge is 2.28. The Bertz CT molecular complexity index is 946. The lowest BCUT2D eigenvalue weighted by Crippen LogP contribution is -2.44. The number of aromatic nitrogens is 2. The van der Waals surface area contributed by atoms with Crippen molar-refractivity contribution in [2.24, 2.45) is 0 Å². The highest BCUT2D eigenvalue weighted by molar-refractivity contribution is 5.93.